The number of aliphatic imine (C=N–C) groups is 1. The average Bonchev–Trinajstić information content (AvgIpc) is 3.31. The highest BCUT2D eigenvalue weighted by atomic mass is 127. The Morgan fingerprint density at radius 3 is 2.54 bits per heavy atom. The summed E-state index contributed by atoms with van der Waals surface area (Å²) < 4.78 is 10.3. The van der Waals surface area contributed by atoms with Gasteiger partial charge < -0.3 is 19.3 Å². The third kappa shape index (κ3) is 6.16. The monoisotopic (exact) mass is 503 g/mol. The molecule has 0 saturated carbocycles. The summed E-state index contributed by atoms with van der Waals surface area (Å²) in [6.07, 6.45) is 1.62. The molecule has 0 radical (unpaired) electrons. The van der Waals surface area contributed by atoms with E-state index in [9.17, 15) is 0 Å². The molecular formula is C18H30IN7O2. The third-order valence-electron chi connectivity index (χ3n) is 4.36. The molecule has 9 nitrogen and oxygen atoms in total. The minimum absolute atomic E-state index is 0. The summed E-state index contributed by atoms with van der Waals surface area (Å²) in [6, 6.07) is 1.91. The molecule has 2 aromatic rings. The normalized spacial score (nSPS) is 16.1. The molecule has 0 spiro atoms. The van der Waals surface area contributed by atoms with Crippen molar-refractivity contribution in [2.75, 3.05) is 32.7 Å². The van der Waals surface area contributed by atoms with E-state index in [-0.39, 0.29) is 29.4 Å². The van der Waals surface area contributed by atoms with Crippen molar-refractivity contribution in [1.82, 2.24) is 30.4 Å². The van der Waals surface area contributed by atoms with Crippen molar-refractivity contribution in [3.05, 3.63) is 29.7 Å². The summed E-state index contributed by atoms with van der Waals surface area (Å²) >= 11 is 0. The zero-order valence-electron chi connectivity index (χ0n) is 17.0. The molecule has 3 rings (SSSR count). The van der Waals surface area contributed by atoms with E-state index in [0.717, 1.165) is 50.9 Å². The number of halogens is 1. The van der Waals surface area contributed by atoms with Crippen LogP contribution in [-0.2, 0) is 18.5 Å². The predicted octanol–water partition coefficient (Wildman–Crippen LogP) is 2.26. The topological polar surface area (TPSA) is 95.8 Å². The number of nitrogens with zero attached hydrogens (tertiary/aromatic N) is 6. The standard InChI is InChI=1S/C18H29N7O2.HI/c1-5-19-17(20-12-15-21-16(27-23-15)18(2,3)4)25-9-7-24(8-10-25)13-14-6-11-26-22-14;/h6,11H,5,7-10,12-13H2,1-4H3,(H,19,20);1H. The summed E-state index contributed by atoms with van der Waals surface area (Å²) in [6.45, 7) is 14.0. The Bertz CT molecular complexity index is 731. The molecule has 10 heteroatoms. The van der Waals surface area contributed by atoms with Crippen molar-refractivity contribution < 1.29 is 9.05 Å². The summed E-state index contributed by atoms with van der Waals surface area (Å²) in [5.74, 6) is 2.14. The second kappa shape index (κ2) is 10.2. The van der Waals surface area contributed by atoms with E-state index in [2.05, 4.69) is 58.1 Å². The third-order valence-corrected chi connectivity index (χ3v) is 4.36. The number of aromatic nitrogens is 3. The molecule has 0 amide bonds. The molecule has 3 heterocycles. The van der Waals surface area contributed by atoms with Crippen LogP contribution in [0.3, 0.4) is 0 Å². The van der Waals surface area contributed by atoms with Gasteiger partial charge in [0.25, 0.3) is 0 Å². The first-order valence-corrected chi connectivity index (χ1v) is 9.43. The van der Waals surface area contributed by atoms with E-state index in [0.29, 0.717) is 18.3 Å². The van der Waals surface area contributed by atoms with Crippen LogP contribution >= 0.6 is 24.0 Å². The fourth-order valence-electron chi connectivity index (χ4n) is 2.86. The number of guanidine groups is 1. The van der Waals surface area contributed by atoms with E-state index in [1.807, 2.05) is 6.07 Å². The Balaban J connectivity index is 0.00000280. The van der Waals surface area contributed by atoms with Gasteiger partial charge in [-0.3, -0.25) is 4.90 Å². The molecule has 0 atom stereocenters. The van der Waals surface area contributed by atoms with Crippen LogP contribution < -0.4 is 5.32 Å². The van der Waals surface area contributed by atoms with E-state index < -0.39 is 0 Å². The van der Waals surface area contributed by atoms with Crippen LogP contribution in [0.15, 0.2) is 26.4 Å². The maximum absolute atomic E-state index is 5.35. The average molecular weight is 503 g/mol. The fourth-order valence-corrected chi connectivity index (χ4v) is 2.86. The minimum Gasteiger partial charge on any atom is -0.364 e. The first-order valence-electron chi connectivity index (χ1n) is 9.43. The molecule has 1 aliphatic rings. The molecule has 1 saturated heterocycles. The number of rotatable bonds is 5. The fraction of sp³-hybridized carbons (Fsp3) is 0.667. The predicted molar refractivity (Wildman–Crippen MR) is 117 cm³/mol. The Morgan fingerprint density at radius 2 is 1.96 bits per heavy atom. The van der Waals surface area contributed by atoms with Crippen LogP contribution in [0, 0.1) is 0 Å². The lowest BCUT2D eigenvalue weighted by molar-refractivity contribution is 0.169. The van der Waals surface area contributed by atoms with Crippen molar-refractivity contribution in [3.8, 4) is 0 Å². The summed E-state index contributed by atoms with van der Waals surface area (Å²) in [4.78, 5) is 13.8. The lowest BCUT2D eigenvalue weighted by Crippen LogP contribution is -2.52. The molecule has 28 heavy (non-hydrogen) atoms. The molecule has 0 unspecified atom stereocenters. The molecule has 1 N–H and O–H groups in total. The minimum atomic E-state index is -0.153. The quantitative estimate of drug-likeness (QED) is 0.377. The molecule has 0 aromatic carbocycles. The van der Waals surface area contributed by atoms with Crippen LogP contribution in [0.5, 0.6) is 0 Å². The van der Waals surface area contributed by atoms with Crippen molar-refractivity contribution in [1.29, 1.82) is 0 Å². The Kier molecular flexibility index (Phi) is 8.23. The van der Waals surface area contributed by atoms with Gasteiger partial charge in [-0.25, -0.2) is 4.99 Å². The number of hydrogen-bond donors (Lipinski definition) is 1. The van der Waals surface area contributed by atoms with Gasteiger partial charge in [-0.2, -0.15) is 4.98 Å². The van der Waals surface area contributed by atoms with Gasteiger partial charge in [0.05, 0.1) is 5.69 Å². The second-order valence-corrected chi connectivity index (χ2v) is 7.69. The Hall–Kier alpha value is -1.69. The highest BCUT2D eigenvalue weighted by Crippen LogP contribution is 2.19. The Morgan fingerprint density at radius 1 is 1.21 bits per heavy atom. The highest BCUT2D eigenvalue weighted by molar-refractivity contribution is 14.0. The van der Waals surface area contributed by atoms with E-state index >= 15 is 0 Å². The summed E-state index contributed by atoms with van der Waals surface area (Å²) in [5, 5.41) is 11.4. The molecule has 1 aliphatic heterocycles. The highest BCUT2D eigenvalue weighted by Gasteiger charge is 2.23. The van der Waals surface area contributed by atoms with Gasteiger partial charge in [0, 0.05) is 50.7 Å². The maximum atomic E-state index is 5.35. The van der Waals surface area contributed by atoms with Crippen LogP contribution in [0.25, 0.3) is 0 Å². The van der Waals surface area contributed by atoms with Gasteiger partial charge >= 0.3 is 0 Å². The zero-order chi connectivity index (χ0) is 19.3. The lowest BCUT2D eigenvalue weighted by Gasteiger charge is -2.36. The maximum Gasteiger partial charge on any atom is 0.232 e. The van der Waals surface area contributed by atoms with E-state index in [1.165, 1.54) is 0 Å². The van der Waals surface area contributed by atoms with Gasteiger partial charge in [0.15, 0.2) is 11.8 Å². The molecule has 1 fully saturated rings. The van der Waals surface area contributed by atoms with Gasteiger partial charge in [-0.15, -0.1) is 24.0 Å². The Labute approximate surface area is 182 Å². The van der Waals surface area contributed by atoms with Crippen molar-refractivity contribution in [3.63, 3.8) is 0 Å². The van der Waals surface area contributed by atoms with E-state index in [1.54, 1.807) is 6.26 Å². The molecule has 2 aromatic heterocycles. The van der Waals surface area contributed by atoms with Crippen molar-refractivity contribution in [2.24, 2.45) is 4.99 Å². The van der Waals surface area contributed by atoms with E-state index in [4.69, 9.17) is 14.0 Å². The van der Waals surface area contributed by atoms with Crippen LogP contribution in [0.4, 0.5) is 0 Å². The number of hydrogen-bond acceptors (Lipinski definition) is 7. The summed E-state index contributed by atoms with van der Waals surface area (Å²) in [7, 11) is 0. The van der Waals surface area contributed by atoms with Gasteiger partial charge in [-0.05, 0) is 6.92 Å². The first kappa shape index (κ1) is 22.6. The van der Waals surface area contributed by atoms with Crippen molar-refractivity contribution in [2.45, 2.75) is 46.2 Å². The van der Waals surface area contributed by atoms with Crippen molar-refractivity contribution >= 4 is 29.9 Å². The van der Waals surface area contributed by atoms with Crippen LogP contribution in [0.1, 0.15) is 45.1 Å². The lowest BCUT2D eigenvalue weighted by atomic mass is 9.97. The number of piperazine rings is 1. The molecule has 0 aliphatic carbocycles. The largest absolute Gasteiger partial charge is 0.364 e. The first-order chi connectivity index (χ1) is 13.0. The molecule has 156 valence electrons. The van der Waals surface area contributed by atoms with Crippen LogP contribution in [-0.4, -0.2) is 63.8 Å². The molecular weight excluding hydrogens is 473 g/mol. The van der Waals surface area contributed by atoms with Gasteiger partial charge in [0.1, 0.15) is 12.8 Å². The smallest absolute Gasteiger partial charge is 0.232 e. The summed E-state index contributed by atoms with van der Waals surface area (Å²) in [5.41, 5.74) is 0.815. The van der Waals surface area contributed by atoms with Gasteiger partial charge in [0.2, 0.25) is 5.89 Å². The molecule has 0 bridgehead atoms. The van der Waals surface area contributed by atoms with Crippen LogP contribution in [0.2, 0.25) is 0 Å². The number of nitrogens with one attached hydrogen (secondary N) is 1. The SMILES string of the molecule is CCNC(=NCc1noc(C(C)(C)C)n1)N1CCN(Cc2ccon2)CC1.I. The zero-order valence-corrected chi connectivity index (χ0v) is 19.3. The second-order valence-electron chi connectivity index (χ2n) is 7.69. The van der Waals surface area contributed by atoms with Gasteiger partial charge in [-0.1, -0.05) is 31.1 Å².